The summed E-state index contributed by atoms with van der Waals surface area (Å²) in [6.45, 7) is 3.36. The first kappa shape index (κ1) is 14.1. The summed E-state index contributed by atoms with van der Waals surface area (Å²) < 4.78 is 28.3. The van der Waals surface area contributed by atoms with Gasteiger partial charge in [-0.25, -0.2) is 18.4 Å². The van der Waals surface area contributed by atoms with Crippen LogP contribution in [-0.4, -0.2) is 30.9 Å². The second kappa shape index (κ2) is 5.17. The minimum Gasteiger partial charge on any atom is -0.307 e. The molecule has 0 aliphatic heterocycles. The molecule has 114 valence electrons. The van der Waals surface area contributed by atoms with E-state index in [2.05, 4.69) is 25.6 Å². The molecule has 2 heterocycles. The smallest absolute Gasteiger partial charge is 0.247 e. The molecule has 22 heavy (non-hydrogen) atoms. The lowest BCUT2D eigenvalue weighted by atomic mass is 10.2. The first-order valence-electron chi connectivity index (χ1n) is 6.45. The van der Waals surface area contributed by atoms with Gasteiger partial charge in [0.1, 0.15) is 29.8 Å². The number of amides is 1. The Labute approximate surface area is 123 Å². The van der Waals surface area contributed by atoms with Gasteiger partial charge in [0, 0.05) is 6.07 Å². The van der Waals surface area contributed by atoms with E-state index in [0.717, 1.165) is 12.1 Å². The number of nitrogens with one attached hydrogen (secondary N) is 2. The van der Waals surface area contributed by atoms with Crippen molar-refractivity contribution in [1.82, 2.24) is 25.0 Å². The molecule has 0 bridgehead atoms. The highest BCUT2D eigenvalue weighted by Crippen LogP contribution is 2.24. The van der Waals surface area contributed by atoms with E-state index in [1.807, 2.05) is 0 Å². The lowest BCUT2D eigenvalue weighted by molar-refractivity contribution is -0.117. The predicted octanol–water partition coefficient (Wildman–Crippen LogP) is 1.69. The van der Waals surface area contributed by atoms with E-state index in [0.29, 0.717) is 11.6 Å². The Kier molecular flexibility index (Phi) is 3.32. The maximum absolute atomic E-state index is 13.8. The summed E-state index contributed by atoms with van der Waals surface area (Å²) in [4.78, 5) is 16.1. The molecule has 9 heteroatoms. The maximum Gasteiger partial charge on any atom is 0.247 e. The molecule has 3 aromatic rings. The van der Waals surface area contributed by atoms with E-state index in [1.54, 1.807) is 13.8 Å². The van der Waals surface area contributed by atoms with E-state index in [-0.39, 0.29) is 23.3 Å². The molecule has 0 saturated heterocycles. The SMILES string of the molecule is Cc1nc(C)n(CC(=O)Nc2n[nH]c3cc(F)cc(F)c23)n1. The standard InChI is InChI=1S/C13H12F2N6O/c1-6-16-7(2)21(20-6)5-11(22)17-13-12-9(15)3-8(14)4-10(12)18-19-13/h3-4H,5H2,1-2H3,(H2,17,18,19,22). The molecule has 0 spiro atoms. The number of carbonyl (C=O) groups excluding carboxylic acids is 1. The van der Waals surface area contributed by atoms with Crippen LogP contribution < -0.4 is 5.32 Å². The van der Waals surface area contributed by atoms with Crippen LogP contribution in [0.3, 0.4) is 0 Å². The number of aromatic nitrogens is 5. The Morgan fingerprint density at radius 1 is 1.36 bits per heavy atom. The van der Waals surface area contributed by atoms with E-state index >= 15 is 0 Å². The minimum absolute atomic E-state index is 0.00647. The van der Waals surface area contributed by atoms with Crippen molar-refractivity contribution in [3.8, 4) is 0 Å². The zero-order valence-electron chi connectivity index (χ0n) is 11.8. The number of fused-ring (bicyclic) bond motifs is 1. The summed E-state index contributed by atoms with van der Waals surface area (Å²) in [5.74, 6) is -0.811. The molecule has 1 aromatic carbocycles. The van der Waals surface area contributed by atoms with Gasteiger partial charge in [0.25, 0.3) is 0 Å². The highest BCUT2D eigenvalue weighted by atomic mass is 19.1. The van der Waals surface area contributed by atoms with Gasteiger partial charge in [-0.1, -0.05) is 0 Å². The van der Waals surface area contributed by atoms with Gasteiger partial charge in [-0.3, -0.25) is 9.89 Å². The van der Waals surface area contributed by atoms with E-state index < -0.39 is 17.5 Å². The third-order valence-electron chi connectivity index (χ3n) is 3.09. The summed E-state index contributed by atoms with van der Waals surface area (Å²) in [5.41, 5.74) is 0.167. The number of H-pyrrole nitrogens is 1. The van der Waals surface area contributed by atoms with E-state index in [4.69, 9.17) is 0 Å². The molecule has 7 nitrogen and oxygen atoms in total. The van der Waals surface area contributed by atoms with Crippen molar-refractivity contribution in [2.24, 2.45) is 0 Å². The molecular weight excluding hydrogens is 294 g/mol. The van der Waals surface area contributed by atoms with Crippen LogP contribution in [0.2, 0.25) is 0 Å². The van der Waals surface area contributed by atoms with Crippen LogP contribution in [0.4, 0.5) is 14.6 Å². The largest absolute Gasteiger partial charge is 0.307 e. The fraction of sp³-hybridized carbons (Fsp3) is 0.231. The third-order valence-corrected chi connectivity index (χ3v) is 3.09. The molecule has 0 radical (unpaired) electrons. The molecule has 3 rings (SSSR count). The fourth-order valence-corrected chi connectivity index (χ4v) is 2.18. The van der Waals surface area contributed by atoms with Crippen molar-refractivity contribution in [3.63, 3.8) is 0 Å². The number of hydrogen-bond donors (Lipinski definition) is 2. The van der Waals surface area contributed by atoms with Crippen LogP contribution in [0.25, 0.3) is 10.9 Å². The Morgan fingerprint density at radius 3 is 2.82 bits per heavy atom. The normalized spacial score (nSPS) is 11.1. The highest BCUT2D eigenvalue weighted by Gasteiger charge is 2.16. The van der Waals surface area contributed by atoms with Crippen molar-refractivity contribution < 1.29 is 13.6 Å². The molecular formula is C13H12F2N6O. The van der Waals surface area contributed by atoms with Crippen molar-refractivity contribution in [2.45, 2.75) is 20.4 Å². The van der Waals surface area contributed by atoms with Crippen LogP contribution in [0.5, 0.6) is 0 Å². The van der Waals surface area contributed by atoms with Gasteiger partial charge in [-0.05, 0) is 19.9 Å². The number of rotatable bonds is 3. The van der Waals surface area contributed by atoms with Gasteiger partial charge in [-0.2, -0.15) is 10.2 Å². The minimum atomic E-state index is -0.799. The van der Waals surface area contributed by atoms with Crippen LogP contribution in [0.1, 0.15) is 11.6 Å². The number of nitrogens with zero attached hydrogens (tertiary/aromatic N) is 4. The molecule has 0 fully saturated rings. The van der Waals surface area contributed by atoms with Gasteiger partial charge < -0.3 is 5.32 Å². The van der Waals surface area contributed by atoms with Crippen molar-refractivity contribution in [2.75, 3.05) is 5.32 Å². The number of benzene rings is 1. The fourth-order valence-electron chi connectivity index (χ4n) is 2.18. The Hall–Kier alpha value is -2.84. The summed E-state index contributed by atoms with van der Waals surface area (Å²) in [5, 5.41) is 12.8. The average Bonchev–Trinajstić information content (AvgIpc) is 2.93. The third kappa shape index (κ3) is 2.52. The van der Waals surface area contributed by atoms with Crippen LogP contribution >= 0.6 is 0 Å². The number of aromatic amines is 1. The lowest BCUT2D eigenvalue weighted by Crippen LogP contribution is -2.20. The zero-order chi connectivity index (χ0) is 15.9. The number of hydrogen-bond acceptors (Lipinski definition) is 4. The van der Waals surface area contributed by atoms with Crippen molar-refractivity contribution in [1.29, 1.82) is 0 Å². The van der Waals surface area contributed by atoms with Gasteiger partial charge in [0.05, 0.1) is 10.9 Å². The molecule has 0 atom stereocenters. The molecule has 1 amide bonds. The van der Waals surface area contributed by atoms with Crippen molar-refractivity contribution in [3.05, 3.63) is 35.4 Å². The summed E-state index contributed by atoms with van der Waals surface area (Å²) >= 11 is 0. The summed E-state index contributed by atoms with van der Waals surface area (Å²) in [6, 6.07) is 1.84. The summed E-state index contributed by atoms with van der Waals surface area (Å²) in [6.07, 6.45) is 0. The number of carbonyl (C=O) groups is 1. The molecule has 0 saturated carbocycles. The zero-order valence-corrected chi connectivity index (χ0v) is 11.8. The monoisotopic (exact) mass is 306 g/mol. The number of halogens is 2. The van der Waals surface area contributed by atoms with Gasteiger partial charge in [-0.15, -0.1) is 0 Å². The molecule has 2 aromatic heterocycles. The Balaban J connectivity index is 1.84. The number of aryl methyl sites for hydroxylation is 2. The van der Waals surface area contributed by atoms with Gasteiger partial charge >= 0.3 is 0 Å². The topological polar surface area (TPSA) is 88.5 Å². The van der Waals surface area contributed by atoms with Crippen LogP contribution in [0, 0.1) is 25.5 Å². The molecule has 0 aliphatic rings. The highest BCUT2D eigenvalue weighted by molar-refractivity contribution is 5.99. The van der Waals surface area contributed by atoms with E-state index in [9.17, 15) is 13.6 Å². The Bertz CT molecular complexity index is 869. The van der Waals surface area contributed by atoms with Gasteiger partial charge in [0.15, 0.2) is 5.82 Å². The second-order valence-corrected chi connectivity index (χ2v) is 4.79. The molecule has 2 N–H and O–H groups in total. The first-order valence-corrected chi connectivity index (χ1v) is 6.45. The van der Waals surface area contributed by atoms with Crippen molar-refractivity contribution >= 4 is 22.6 Å². The quantitative estimate of drug-likeness (QED) is 0.770. The predicted molar refractivity (Wildman–Crippen MR) is 74.1 cm³/mol. The average molecular weight is 306 g/mol. The van der Waals surface area contributed by atoms with Crippen LogP contribution in [-0.2, 0) is 11.3 Å². The first-order chi connectivity index (χ1) is 10.4. The second-order valence-electron chi connectivity index (χ2n) is 4.79. The van der Waals surface area contributed by atoms with Gasteiger partial charge in [0.2, 0.25) is 5.91 Å². The molecule has 0 aliphatic carbocycles. The number of anilines is 1. The maximum atomic E-state index is 13.8. The molecule has 0 unspecified atom stereocenters. The summed E-state index contributed by atoms with van der Waals surface area (Å²) in [7, 11) is 0. The van der Waals surface area contributed by atoms with E-state index in [1.165, 1.54) is 4.68 Å². The van der Waals surface area contributed by atoms with Crippen LogP contribution in [0.15, 0.2) is 12.1 Å². The Morgan fingerprint density at radius 2 is 2.14 bits per heavy atom. The lowest BCUT2D eigenvalue weighted by Gasteiger charge is -2.04.